The smallest absolute Gasteiger partial charge is 0.248 e. The van der Waals surface area contributed by atoms with Crippen molar-refractivity contribution in [3.05, 3.63) is 53.3 Å². The van der Waals surface area contributed by atoms with Gasteiger partial charge in [-0.2, -0.15) is 0 Å². The van der Waals surface area contributed by atoms with Crippen LogP contribution >= 0.6 is 11.6 Å². The van der Waals surface area contributed by atoms with Crippen LogP contribution in [0.2, 0.25) is 5.02 Å². The first-order valence-corrected chi connectivity index (χ1v) is 10.0. The SMILES string of the molecule is CS(=O)(=O)N(CC(=O)N1CC(=O)Nc2ccccc21)c1ccc(F)c(Cl)c1. The molecule has 3 rings (SSSR count). The minimum absolute atomic E-state index is 0.0481. The van der Waals surface area contributed by atoms with Crippen molar-refractivity contribution in [2.75, 3.05) is 33.9 Å². The Kier molecular flexibility index (Phi) is 5.07. The fourth-order valence-electron chi connectivity index (χ4n) is 2.70. The van der Waals surface area contributed by atoms with Gasteiger partial charge >= 0.3 is 0 Å². The number of anilines is 3. The van der Waals surface area contributed by atoms with E-state index < -0.39 is 34.2 Å². The molecule has 27 heavy (non-hydrogen) atoms. The van der Waals surface area contributed by atoms with E-state index in [4.69, 9.17) is 11.6 Å². The van der Waals surface area contributed by atoms with Crippen molar-refractivity contribution in [3.8, 4) is 0 Å². The van der Waals surface area contributed by atoms with Crippen molar-refractivity contribution in [1.82, 2.24) is 0 Å². The standard InChI is InChI=1S/C17H15ClFN3O4S/c1-27(25,26)22(11-6-7-13(19)12(18)8-11)10-17(24)21-9-16(23)20-14-4-2-3-5-15(14)21/h2-8H,9-10H2,1H3,(H,20,23). The fourth-order valence-corrected chi connectivity index (χ4v) is 3.72. The van der Waals surface area contributed by atoms with Gasteiger partial charge < -0.3 is 5.32 Å². The second kappa shape index (κ2) is 7.16. The van der Waals surface area contributed by atoms with Crippen LogP contribution in [0.25, 0.3) is 0 Å². The summed E-state index contributed by atoms with van der Waals surface area (Å²) in [6.07, 6.45) is 0.925. The summed E-state index contributed by atoms with van der Waals surface area (Å²) in [7, 11) is -3.87. The zero-order chi connectivity index (χ0) is 19.8. The van der Waals surface area contributed by atoms with Crippen molar-refractivity contribution >= 4 is 50.5 Å². The Bertz CT molecular complexity index is 1030. The number of carbonyl (C=O) groups excluding carboxylic acids is 2. The molecule has 0 atom stereocenters. The number of nitrogens with one attached hydrogen (secondary N) is 1. The Labute approximate surface area is 160 Å². The highest BCUT2D eigenvalue weighted by Gasteiger charge is 2.30. The predicted molar refractivity (Wildman–Crippen MR) is 101 cm³/mol. The first-order chi connectivity index (χ1) is 12.7. The quantitative estimate of drug-likeness (QED) is 0.835. The Morgan fingerprint density at radius 3 is 2.67 bits per heavy atom. The fraction of sp³-hybridized carbons (Fsp3) is 0.176. The van der Waals surface area contributed by atoms with Gasteiger partial charge in [-0.15, -0.1) is 0 Å². The first kappa shape index (κ1) is 19.1. The van der Waals surface area contributed by atoms with E-state index in [1.807, 2.05) is 0 Å². The third-order valence-electron chi connectivity index (χ3n) is 3.94. The van der Waals surface area contributed by atoms with Crippen LogP contribution in [0.4, 0.5) is 21.5 Å². The van der Waals surface area contributed by atoms with Crippen LogP contribution in [0.5, 0.6) is 0 Å². The summed E-state index contributed by atoms with van der Waals surface area (Å²) in [4.78, 5) is 25.9. The van der Waals surface area contributed by atoms with Gasteiger partial charge in [-0.25, -0.2) is 12.8 Å². The van der Waals surface area contributed by atoms with E-state index in [0.29, 0.717) is 11.4 Å². The number of rotatable bonds is 4. The molecule has 1 N–H and O–H groups in total. The molecule has 0 saturated carbocycles. The van der Waals surface area contributed by atoms with Gasteiger partial charge in [0, 0.05) is 0 Å². The summed E-state index contributed by atoms with van der Waals surface area (Å²) >= 11 is 5.73. The van der Waals surface area contributed by atoms with Gasteiger partial charge in [-0.05, 0) is 30.3 Å². The Morgan fingerprint density at radius 1 is 1.30 bits per heavy atom. The third-order valence-corrected chi connectivity index (χ3v) is 5.37. The van der Waals surface area contributed by atoms with E-state index in [9.17, 15) is 22.4 Å². The highest BCUT2D eigenvalue weighted by Crippen LogP contribution is 2.30. The molecule has 0 aromatic heterocycles. The van der Waals surface area contributed by atoms with Crippen molar-refractivity contribution < 1.29 is 22.4 Å². The van der Waals surface area contributed by atoms with E-state index >= 15 is 0 Å². The van der Waals surface area contributed by atoms with Crippen molar-refractivity contribution in [2.45, 2.75) is 0 Å². The van der Waals surface area contributed by atoms with Gasteiger partial charge in [-0.1, -0.05) is 23.7 Å². The molecule has 7 nitrogen and oxygen atoms in total. The van der Waals surface area contributed by atoms with Gasteiger partial charge in [0.15, 0.2) is 0 Å². The normalized spacial score (nSPS) is 13.7. The summed E-state index contributed by atoms with van der Waals surface area (Å²) in [6, 6.07) is 10.0. The van der Waals surface area contributed by atoms with Crippen LogP contribution in [-0.2, 0) is 19.6 Å². The summed E-state index contributed by atoms with van der Waals surface area (Å²) in [5.41, 5.74) is 0.970. The van der Waals surface area contributed by atoms with E-state index in [2.05, 4.69) is 5.32 Å². The second-order valence-corrected chi connectivity index (χ2v) is 8.23. The molecule has 0 radical (unpaired) electrons. The Morgan fingerprint density at radius 2 is 2.00 bits per heavy atom. The molecule has 10 heteroatoms. The molecule has 142 valence electrons. The molecule has 1 heterocycles. The number of carbonyl (C=O) groups is 2. The number of hydrogen-bond donors (Lipinski definition) is 1. The lowest BCUT2D eigenvalue weighted by Crippen LogP contribution is -2.47. The second-order valence-electron chi connectivity index (χ2n) is 5.91. The topological polar surface area (TPSA) is 86.8 Å². The number of fused-ring (bicyclic) bond motifs is 1. The van der Waals surface area contributed by atoms with Crippen LogP contribution in [0.1, 0.15) is 0 Å². The summed E-state index contributed by atoms with van der Waals surface area (Å²) in [6.45, 7) is -0.806. The van der Waals surface area contributed by atoms with Gasteiger partial charge in [-0.3, -0.25) is 18.8 Å². The number of amides is 2. The number of para-hydroxylation sites is 2. The molecule has 2 aromatic carbocycles. The molecular formula is C17H15ClFN3O4S. The highest BCUT2D eigenvalue weighted by atomic mass is 35.5. The maximum atomic E-state index is 13.4. The monoisotopic (exact) mass is 411 g/mol. The van der Waals surface area contributed by atoms with Crippen LogP contribution in [0.15, 0.2) is 42.5 Å². The summed E-state index contributed by atoms with van der Waals surface area (Å²) < 4.78 is 38.6. The van der Waals surface area contributed by atoms with Gasteiger partial charge in [0.25, 0.3) is 0 Å². The van der Waals surface area contributed by atoms with Gasteiger partial charge in [0.05, 0.1) is 28.3 Å². The lowest BCUT2D eigenvalue weighted by molar-refractivity contribution is -0.121. The zero-order valence-electron chi connectivity index (χ0n) is 14.1. The minimum atomic E-state index is -3.87. The van der Waals surface area contributed by atoms with Gasteiger partial charge in [0.1, 0.15) is 18.9 Å². The lowest BCUT2D eigenvalue weighted by Gasteiger charge is -2.31. The van der Waals surface area contributed by atoms with Crippen molar-refractivity contribution in [2.24, 2.45) is 0 Å². The number of benzene rings is 2. The number of nitrogens with zero attached hydrogens (tertiary/aromatic N) is 2. The molecule has 1 aliphatic heterocycles. The number of hydrogen-bond acceptors (Lipinski definition) is 4. The van der Waals surface area contributed by atoms with E-state index in [1.54, 1.807) is 24.3 Å². The average Bonchev–Trinajstić information content (AvgIpc) is 2.60. The molecule has 2 aromatic rings. The molecule has 0 saturated heterocycles. The van der Waals surface area contributed by atoms with E-state index in [1.165, 1.54) is 11.0 Å². The Hall–Kier alpha value is -2.65. The van der Waals surface area contributed by atoms with Crippen molar-refractivity contribution in [1.29, 1.82) is 0 Å². The Balaban J connectivity index is 1.94. The van der Waals surface area contributed by atoms with Gasteiger partial charge in [0.2, 0.25) is 21.8 Å². The van der Waals surface area contributed by atoms with Crippen LogP contribution < -0.4 is 14.5 Å². The molecular weight excluding hydrogens is 397 g/mol. The lowest BCUT2D eigenvalue weighted by atomic mass is 10.2. The largest absolute Gasteiger partial charge is 0.323 e. The van der Waals surface area contributed by atoms with E-state index in [0.717, 1.165) is 22.7 Å². The van der Waals surface area contributed by atoms with Crippen molar-refractivity contribution in [3.63, 3.8) is 0 Å². The maximum absolute atomic E-state index is 13.4. The molecule has 0 aliphatic carbocycles. The third kappa shape index (κ3) is 4.04. The first-order valence-electron chi connectivity index (χ1n) is 7.79. The molecule has 2 amide bonds. The summed E-state index contributed by atoms with van der Waals surface area (Å²) in [5, 5.41) is 2.38. The molecule has 1 aliphatic rings. The molecule has 0 fully saturated rings. The van der Waals surface area contributed by atoms with Crippen LogP contribution in [-0.4, -0.2) is 39.6 Å². The molecule has 0 unspecified atom stereocenters. The predicted octanol–water partition coefficient (Wildman–Crippen LogP) is 2.23. The average molecular weight is 412 g/mol. The van der Waals surface area contributed by atoms with Crippen LogP contribution in [0.3, 0.4) is 0 Å². The molecule has 0 spiro atoms. The van der Waals surface area contributed by atoms with E-state index in [-0.39, 0.29) is 17.3 Å². The zero-order valence-corrected chi connectivity index (χ0v) is 15.7. The maximum Gasteiger partial charge on any atom is 0.248 e. The number of halogens is 2. The van der Waals surface area contributed by atoms with Crippen LogP contribution in [0, 0.1) is 5.82 Å². The minimum Gasteiger partial charge on any atom is -0.323 e. The molecule has 0 bridgehead atoms. The summed E-state index contributed by atoms with van der Waals surface area (Å²) in [5.74, 6) is -1.71. The highest BCUT2D eigenvalue weighted by molar-refractivity contribution is 7.92. The number of sulfonamides is 1.